The van der Waals surface area contributed by atoms with E-state index in [9.17, 15) is 26.3 Å². The van der Waals surface area contributed by atoms with Crippen LogP contribution in [0.3, 0.4) is 0 Å². The van der Waals surface area contributed by atoms with E-state index in [-0.39, 0.29) is 12.8 Å². The summed E-state index contributed by atoms with van der Waals surface area (Å²) in [6, 6.07) is 0. The summed E-state index contributed by atoms with van der Waals surface area (Å²) >= 11 is 0. The fourth-order valence-corrected chi connectivity index (χ4v) is 3.83. The molecule has 0 aliphatic rings. The van der Waals surface area contributed by atoms with E-state index in [0.717, 1.165) is 0 Å². The van der Waals surface area contributed by atoms with Crippen LogP contribution in [0.2, 0.25) is 0 Å². The molecular formula is C21H38F6O6. The van der Waals surface area contributed by atoms with Gasteiger partial charge in [0.25, 0.3) is 5.97 Å². The standard InChI is InChI=1S/C21H38F6O6/c1-7-31-21(32-8-2,33-9-3)17(19(22,23)24,20(25,26)27)15-13-11-10-12-14-16-18(28-4,29-5)30-6/h7-16H2,1-6H3. The second-order valence-corrected chi connectivity index (χ2v) is 7.32. The molecule has 0 heterocycles. The minimum atomic E-state index is -5.74. The summed E-state index contributed by atoms with van der Waals surface area (Å²) in [6.07, 6.45) is -11.2. The van der Waals surface area contributed by atoms with Gasteiger partial charge in [0.2, 0.25) is 5.41 Å². The Morgan fingerprint density at radius 3 is 1.15 bits per heavy atom. The zero-order chi connectivity index (χ0) is 25.8. The predicted molar refractivity (Wildman–Crippen MR) is 108 cm³/mol. The van der Waals surface area contributed by atoms with Crippen LogP contribution in [0.5, 0.6) is 0 Å². The summed E-state index contributed by atoms with van der Waals surface area (Å²) in [7, 11) is 4.21. The molecule has 0 atom stereocenters. The van der Waals surface area contributed by atoms with Crippen molar-refractivity contribution in [1.82, 2.24) is 0 Å². The van der Waals surface area contributed by atoms with Crippen molar-refractivity contribution < 1.29 is 54.8 Å². The van der Waals surface area contributed by atoms with E-state index in [2.05, 4.69) is 0 Å². The zero-order valence-electron chi connectivity index (χ0n) is 20.3. The first-order valence-corrected chi connectivity index (χ1v) is 11.0. The van der Waals surface area contributed by atoms with Gasteiger partial charge in [0.05, 0.1) is 0 Å². The van der Waals surface area contributed by atoms with Crippen molar-refractivity contribution in [1.29, 1.82) is 0 Å². The second kappa shape index (κ2) is 14.0. The molecule has 0 unspecified atom stereocenters. The largest absolute Gasteiger partial charge is 0.411 e. The average molecular weight is 501 g/mol. The van der Waals surface area contributed by atoms with Gasteiger partial charge in [-0.15, -0.1) is 0 Å². The summed E-state index contributed by atoms with van der Waals surface area (Å²) in [5.74, 6) is -4.56. The maximum absolute atomic E-state index is 14.2. The number of methoxy groups -OCH3 is 3. The highest BCUT2D eigenvalue weighted by Gasteiger charge is 2.82. The smallest absolute Gasteiger partial charge is 0.331 e. The van der Waals surface area contributed by atoms with Crippen LogP contribution in [0.25, 0.3) is 0 Å². The zero-order valence-corrected chi connectivity index (χ0v) is 20.3. The van der Waals surface area contributed by atoms with Crippen LogP contribution in [-0.2, 0) is 28.4 Å². The molecule has 0 radical (unpaired) electrons. The lowest BCUT2D eigenvalue weighted by Crippen LogP contribution is -2.68. The lowest BCUT2D eigenvalue weighted by molar-refractivity contribution is -0.515. The maximum atomic E-state index is 14.2. The molecule has 0 aliphatic heterocycles. The first-order valence-electron chi connectivity index (χ1n) is 11.0. The number of halogens is 6. The first kappa shape index (κ1) is 32.3. The number of alkyl halides is 6. The van der Waals surface area contributed by atoms with Gasteiger partial charge in [-0.05, 0) is 33.6 Å². The lowest BCUT2D eigenvalue weighted by Gasteiger charge is -2.49. The third-order valence-corrected chi connectivity index (χ3v) is 5.46. The van der Waals surface area contributed by atoms with Crippen molar-refractivity contribution in [3.05, 3.63) is 0 Å². The minimum absolute atomic E-state index is 0.133. The Morgan fingerprint density at radius 1 is 0.515 bits per heavy atom. The predicted octanol–water partition coefficient (Wildman–Crippen LogP) is 6.18. The molecule has 0 aromatic heterocycles. The van der Waals surface area contributed by atoms with Crippen molar-refractivity contribution >= 4 is 0 Å². The van der Waals surface area contributed by atoms with Gasteiger partial charge in [-0.1, -0.05) is 25.7 Å². The number of unbranched alkanes of at least 4 members (excludes halogenated alkanes) is 4. The molecule has 200 valence electrons. The Kier molecular flexibility index (Phi) is 13.8. The number of hydrogen-bond acceptors (Lipinski definition) is 6. The van der Waals surface area contributed by atoms with Crippen molar-refractivity contribution in [2.24, 2.45) is 5.41 Å². The van der Waals surface area contributed by atoms with Crippen molar-refractivity contribution in [3.8, 4) is 0 Å². The molecule has 6 nitrogen and oxygen atoms in total. The molecule has 0 bridgehead atoms. The van der Waals surface area contributed by atoms with Crippen LogP contribution in [0.1, 0.15) is 65.7 Å². The molecular weight excluding hydrogens is 462 g/mol. The molecule has 0 fully saturated rings. The molecule has 0 aromatic carbocycles. The third kappa shape index (κ3) is 7.66. The minimum Gasteiger partial charge on any atom is -0.331 e. The summed E-state index contributed by atoms with van der Waals surface area (Å²) in [5, 5.41) is 0. The van der Waals surface area contributed by atoms with Gasteiger partial charge in [0, 0.05) is 47.6 Å². The van der Waals surface area contributed by atoms with E-state index in [1.807, 2.05) is 0 Å². The Hall–Kier alpha value is -0.660. The van der Waals surface area contributed by atoms with Gasteiger partial charge in [-0.2, -0.15) is 26.3 Å². The van der Waals surface area contributed by atoms with Crippen molar-refractivity contribution in [2.45, 2.75) is 90.0 Å². The maximum Gasteiger partial charge on any atom is 0.411 e. The van der Waals surface area contributed by atoms with E-state index < -0.39 is 56.0 Å². The molecule has 0 spiro atoms. The molecule has 0 rings (SSSR count). The van der Waals surface area contributed by atoms with Crippen LogP contribution in [0.15, 0.2) is 0 Å². The number of hydrogen-bond donors (Lipinski definition) is 0. The molecule has 0 aliphatic carbocycles. The molecule has 0 saturated heterocycles. The van der Waals surface area contributed by atoms with E-state index in [4.69, 9.17) is 28.4 Å². The molecule has 0 N–H and O–H groups in total. The highest BCUT2D eigenvalue weighted by Crippen LogP contribution is 2.61. The van der Waals surface area contributed by atoms with Gasteiger partial charge >= 0.3 is 18.3 Å². The summed E-state index contributed by atoms with van der Waals surface area (Å²) < 4.78 is 116. The van der Waals surface area contributed by atoms with Gasteiger partial charge in [-0.25, -0.2) is 0 Å². The van der Waals surface area contributed by atoms with E-state index in [1.54, 1.807) is 0 Å². The van der Waals surface area contributed by atoms with Crippen LogP contribution in [-0.4, -0.2) is 65.4 Å². The Morgan fingerprint density at radius 2 is 0.848 bits per heavy atom. The van der Waals surface area contributed by atoms with Gasteiger partial charge in [-0.3, -0.25) is 0 Å². The Labute approximate surface area is 192 Å². The average Bonchev–Trinajstić information content (AvgIpc) is 2.72. The molecule has 0 aromatic rings. The van der Waals surface area contributed by atoms with Crippen LogP contribution < -0.4 is 0 Å². The Balaban J connectivity index is 5.57. The van der Waals surface area contributed by atoms with Crippen LogP contribution >= 0.6 is 0 Å². The second-order valence-electron chi connectivity index (χ2n) is 7.32. The lowest BCUT2D eigenvalue weighted by atomic mass is 9.77. The van der Waals surface area contributed by atoms with Gasteiger partial charge in [0.1, 0.15) is 0 Å². The van der Waals surface area contributed by atoms with Crippen molar-refractivity contribution in [3.63, 3.8) is 0 Å². The summed E-state index contributed by atoms with van der Waals surface area (Å²) in [4.78, 5) is 0. The molecule has 0 amide bonds. The van der Waals surface area contributed by atoms with Gasteiger partial charge in [0.15, 0.2) is 0 Å². The normalized spacial score (nSPS) is 14.2. The van der Waals surface area contributed by atoms with Gasteiger partial charge < -0.3 is 28.4 Å². The quantitative estimate of drug-likeness (QED) is 0.127. The first-order chi connectivity index (χ1) is 15.3. The third-order valence-electron chi connectivity index (χ3n) is 5.46. The van der Waals surface area contributed by atoms with Crippen LogP contribution in [0.4, 0.5) is 26.3 Å². The fourth-order valence-electron chi connectivity index (χ4n) is 3.83. The highest BCUT2D eigenvalue weighted by molar-refractivity contribution is 5.01. The number of rotatable bonds is 18. The fraction of sp³-hybridized carbons (Fsp3) is 1.00. The van der Waals surface area contributed by atoms with Crippen LogP contribution in [0, 0.1) is 5.41 Å². The monoisotopic (exact) mass is 500 g/mol. The topological polar surface area (TPSA) is 55.4 Å². The summed E-state index contributed by atoms with van der Waals surface area (Å²) in [6.45, 7) is 2.45. The Bertz CT molecular complexity index is 483. The SMILES string of the molecule is CCOC(OCC)(OCC)C(CCCCCCCC(OC)(OC)OC)(C(F)(F)F)C(F)(F)F. The van der Waals surface area contributed by atoms with Crippen molar-refractivity contribution in [2.75, 3.05) is 41.2 Å². The highest BCUT2D eigenvalue weighted by atomic mass is 19.4. The molecule has 0 saturated carbocycles. The van der Waals surface area contributed by atoms with E-state index in [1.165, 1.54) is 42.1 Å². The number of ether oxygens (including phenoxy) is 6. The molecule has 12 heteroatoms. The van der Waals surface area contributed by atoms with E-state index >= 15 is 0 Å². The summed E-state index contributed by atoms with van der Waals surface area (Å²) in [5.41, 5.74) is -4.35. The molecule has 33 heavy (non-hydrogen) atoms. The van der Waals surface area contributed by atoms with E-state index in [0.29, 0.717) is 25.7 Å².